The van der Waals surface area contributed by atoms with Gasteiger partial charge in [0.15, 0.2) is 0 Å². The van der Waals surface area contributed by atoms with Crippen molar-refractivity contribution in [2.75, 3.05) is 13.7 Å². The number of rotatable bonds is 2. The molecule has 2 aromatic rings. The number of phenols is 1. The van der Waals surface area contributed by atoms with Crippen LogP contribution in [0.1, 0.15) is 33.8 Å². The maximum absolute atomic E-state index is 12.7. The van der Waals surface area contributed by atoms with Crippen LogP contribution in [0.3, 0.4) is 0 Å². The molecule has 1 N–H and O–H groups in total. The van der Waals surface area contributed by atoms with Crippen molar-refractivity contribution < 1.29 is 14.6 Å². The van der Waals surface area contributed by atoms with Gasteiger partial charge in [-0.05, 0) is 48.6 Å². The van der Waals surface area contributed by atoms with Crippen molar-refractivity contribution in [1.82, 2.24) is 4.90 Å². The highest BCUT2D eigenvalue weighted by Gasteiger charge is 2.30. The summed E-state index contributed by atoms with van der Waals surface area (Å²) in [6.45, 7) is 2.70. The highest BCUT2D eigenvalue weighted by Crippen LogP contribution is 2.35. The zero-order valence-electron chi connectivity index (χ0n) is 12.0. The monoisotopic (exact) mass is 303 g/mol. The van der Waals surface area contributed by atoms with Crippen LogP contribution in [0.5, 0.6) is 11.5 Å². The van der Waals surface area contributed by atoms with E-state index in [0.29, 0.717) is 17.9 Å². The zero-order valence-corrected chi connectivity index (χ0v) is 12.8. The number of aromatic hydroxyl groups is 1. The Kier molecular flexibility index (Phi) is 3.59. The van der Waals surface area contributed by atoms with Gasteiger partial charge in [0.05, 0.1) is 18.7 Å². The van der Waals surface area contributed by atoms with Crippen molar-refractivity contribution >= 4 is 17.2 Å². The van der Waals surface area contributed by atoms with E-state index in [2.05, 4.69) is 11.4 Å². The SMILES string of the molecule is COc1ccc(O)c(C(=O)N2CCc3sccc3C2C)c1. The maximum atomic E-state index is 12.7. The van der Waals surface area contributed by atoms with Crippen LogP contribution in [0.4, 0.5) is 0 Å². The Balaban J connectivity index is 1.93. The Labute approximate surface area is 127 Å². The van der Waals surface area contributed by atoms with Gasteiger partial charge < -0.3 is 14.7 Å². The fraction of sp³-hybridized carbons (Fsp3) is 0.312. The minimum Gasteiger partial charge on any atom is -0.507 e. The highest BCUT2D eigenvalue weighted by molar-refractivity contribution is 7.10. The van der Waals surface area contributed by atoms with E-state index in [1.165, 1.54) is 16.5 Å². The molecule has 2 heterocycles. The number of carbonyl (C=O) groups excluding carboxylic acids is 1. The fourth-order valence-electron chi connectivity index (χ4n) is 2.76. The molecule has 1 aliphatic rings. The molecule has 5 heteroatoms. The van der Waals surface area contributed by atoms with Gasteiger partial charge >= 0.3 is 0 Å². The minimum atomic E-state index is -0.157. The molecule has 0 aliphatic carbocycles. The Morgan fingerprint density at radius 1 is 1.43 bits per heavy atom. The number of fused-ring (bicyclic) bond motifs is 1. The third-order valence-electron chi connectivity index (χ3n) is 3.97. The Morgan fingerprint density at radius 2 is 2.24 bits per heavy atom. The summed E-state index contributed by atoms with van der Waals surface area (Å²) < 4.78 is 5.14. The van der Waals surface area contributed by atoms with Crippen LogP contribution in [0.25, 0.3) is 0 Å². The number of methoxy groups -OCH3 is 1. The fourth-order valence-corrected chi connectivity index (χ4v) is 3.72. The summed E-state index contributed by atoms with van der Waals surface area (Å²) in [5, 5.41) is 12.0. The van der Waals surface area contributed by atoms with Crippen molar-refractivity contribution in [3.05, 3.63) is 45.6 Å². The van der Waals surface area contributed by atoms with Gasteiger partial charge in [0.2, 0.25) is 0 Å². The third-order valence-corrected chi connectivity index (χ3v) is 4.97. The first kappa shape index (κ1) is 13.9. The largest absolute Gasteiger partial charge is 0.507 e. The summed E-state index contributed by atoms with van der Waals surface area (Å²) in [7, 11) is 1.54. The number of amides is 1. The standard InChI is InChI=1S/C16H17NO3S/c1-10-12-6-8-21-15(12)5-7-17(10)16(19)13-9-11(20-2)3-4-14(13)18/h3-4,6,8-10,18H,5,7H2,1-2H3. The Morgan fingerprint density at radius 3 is 3.00 bits per heavy atom. The molecular weight excluding hydrogens is 286 g/mol. The lowest BCUT2D eigenvalue weighted by atomic mass is 10.00. The summed E-state index contributed by atoms with van der Waals surface area (Å²) in [5.41, 5.74) is 1.50. The molecule has 0 spiro atoms. The quantitative estimate of drug-likeness (QED) is 0.926. The lowest BCUT2D eigenvalue weighted by molar-refractivity contribution is 0.0676. The number of carbonyl (C=O) groups is 1. The van der Waals surface area contributed by atoms with Crippen LogP contribution < -0.4 is 4.74 Å². The number of hydrogen-bond acceptors (Lipinski definition) is 4. The van der Waals surface area contributed by atoms with Crippen molar-refractivity contribution in [2.45, 2.75) is 19.4 Å². The first-order chi connectivity index (χ1) is 10.1. The zero-order chi connectivity index (χ0) is 15.0. The molecule has 4 nitrogen and oxygen atoms in total. The van der Waals surface area contributed by atoms with E-state index in [0.717, 1.165) is 6.42 Å². The Hall–Kier alpha value is -2.01. The summed E-state index contributed by atoms with van der Waals surface area (Å²) in [6.07, 6.45) is 0.869. The van der Waals surface area contributed by atoms with Crippen LogP contribution in [0.15, 0.2) is 29.6 Å². The van der Waals surface area contributed by atoms with E-state index in [-0.39, 0.29) is 17.7 Å². The maximum Gasteiger partial charge on any atom is 0.258 e. The molecule has 0 saturated heterocycles. The van der Waals surface area contributed by atoms with E-state index in [1.54, 1.807) is 30.6 Å². The van der Waals surface area contributed by atoms with Crippen LogP contribution in [0, 0.1) is 0 Å². The lowest BCUT2D eigenvalue weighted by Gasteiger charge is -2.33. The second-order valence-electron chi connectivity index (χ2n) is 5.11. The van der Waals surface area contributed by atoms with E-state index in [9.17, 15) is 9.90 Å². The molecule has 21 heavy (non-hydrogen) atoms. The number of hydrogen-bond donors (Lipinski definition) is 1. The summed E-state index contributed by atoms with van der Waals surface area (Å²) in [4.78, 5) is 15.9. The van der Waals surface area contributed by atoms with Gasteiger partial charge in [-0.3, -0.25) is 4.79 Å². The van der Waals surface area contributed by atoms with Gasteiger partial charge in [-0.25, -0.2) is 0 Å². The van der Waals surface area contributed by atoms with Gasteiger partial charge in [-0.15, -0.1) is 11.3 Å². The molecule has 1 unspecified atom stereocenters. The number of nitrogens with zero attached hydrogens (tertiary/aromatic N) is 1. The molecule has 0 bridgehead atoms. The predicted molar refractivity (Wildman–Crippen MR) is 82.1 cm³/mol. The van der Waals surface area contributed by atoms with Crippen LogP contribution in [-0.2, 0) is 6.42 Å². The molecule has 1 aromatic heterocycles. The van der Waals surface area contributed by atoms with Crippen molar-refractivity contribution in [1.29, 1.82) is 0 Å². The first-order valence-corrected chi connectivity index (χ1v) is 7.74. The number of phenolic OH excluding ortho intramolecular Hbond substituents is 1. The minimum absolute atomic E-state index is 0.0101. The molecular formula is C16H17NO3S. The molecule has 1 amide bonds. The molecule has 1 atom stereocenters. The second kappa shape index (κ2) is 5.41. The average Bonchev–Trinajstić information content (AvgIpc) is 2.97. The highest BCUT2D eigenvalue weighted by atomic mass is 32.1. The van der Waals surface area contributed by atoms with Gasteiger partial charge in [0.25, 0.3) is 5.91 Å². The average molecular weight is 303 g/mol. The lowest BCUT2D eigenvalue weighted by Crippen LogP contribution is -2.38. The third kappa shape index (κ3) is 2.38. The summed E-state index contributed by atoms with van der Waals surface area (Å²) in [5.74, 6) is 0.400. The van der Waals surface area contributed by atoms with Crippen LogP contribution in [-0.4, -0.2) is 29.6 Å². The second-order valence-corrected chi connectivity index (χ2v) is 6.11. The Bertz CT molecular complexity index is 680. The molecule has 0 radical (unpaired) electrons. The van der Waals surface area contributed by atoms with Crippen molar-refractivity contribution in [3.8, 4) is 11.5 Å². The summed E-state index contributed by atoms with van der Waals surface area (Å²) in [6, 6.07) is 6.83. The first-order valence-electron chi connectivity index (χ1n) is 6.86. The topological polar surface area (TPSA) is 49.8 Å². The smallest absolute Gasteiger partial charge is 0.258 e. The normalized spacial score (nSPS) is 17.4. The summed E-state index contributed by atoms with van der Waals surface area (Å²) >= 11 is 1.74. The van der Waals surface area contributed by atoms with Gasteiger partial charge in [0, 0.05) is 11.4 Å². The number of ether oxygens (including phenoxy) is 1. The molecule has 1 aromatic carbocycles. The number of thiophene rings is 1. The van der Waals surface area contributed by atoms with Crippen LogP contribution >= 0.6 is 11.3 Å². The van der Waals surface area contributed by atoms with E-state index in [1.807, 2.05) is 11.8 Å². The van der Waals surface area contributed by atoms with Crippen molar-refractivity contribution in [2.24, 2.45) is 0 Å². The van der Waals surface area contributed by atoms with E-state index >= 15 is 0 Å². The van der Waals surface area contributed by atoms with Gasteiger partial charge in [-0.2, -0.15) is 0 Å². The van der Waals surface area contributed by atoms with Gasteiger partial charge in [0.1, 0.15) is 11.5 Å². The van der Waals surface area contributed by atoms with E-state index < -0.39 is 0 Å². The van der Waals surface area contributed by atoms with Crippen molar-refractivity contribution in [3.63, 3.8) is 0 Å². The number of benzene rings is 1. The predicted octanol–water partition coefficient (Wildman–Crippen LogP) is 3.22. The molecule has 0 saturated carbocycles. The van der Waals surface area contributed by atoms with Crippen LogP contribution in [0.2, 0.25) is 0 Å². The van der Waals surface area contributed by atoms with Gasteiger partial charge in [-0.1, -0.05) is 0 Å². The molecule has 1 aliphatic heterocycles. The van der Waals surface area contributed by atoms with E-state index in [4.69, 9.17) is 4.74 Å². The molecule has 3 rings (SSSR count). The molecule has 110 valence electrons. The molecule has 0 fully saturated rings.